The van der Waals surface area contributed by atoms with Crippen LogP contribution in [0.2, 0.25) is 0 Å². The van der Waals surface area contributed by atoms with Gasteiger partial charge in [0.15, 0.2) is 0 Å². The summed E-state index contributed by atoms with van der Waals surface area (Å²) < 4.78 is 11.4. The Morgan fingerprint density at radius 2 is 2.08 bits per heavy atom. The van der Waals surface area contributed by atoms with E-state index in [1.807, 2.05) is 31.2 Å². The number of benzene rings is 1. The Morgan fingerprint density at radius 1 is 1.31 bits per heavy atom. The van der Waals surface area contributed by atoms with Crippen LogP contribution in [0.5, 0.6) is 0 Å². The van der Waals surface area contributed by atoms with Gasteiger partial charge in [-0.15, -0.1) is 0 Å². The molecule has 0 atom stereocenters. The van der Waals surface area contributed by atoms with Gasteiger partial charge in [-0.1, -0.05) is 35.0 Å². The van der Waals surface area contributed by atoms with Crippen molar-refractivity contribution in [1.82, 2.24) is 20.0 Å². The Kier molecular flexibility index (Phi) is 5.43. The van der Waals surface area contributed by atoms with E-state index >= 15 is 0 Å². The van der Waals surface area contributed by atoms with Crippen LogP contribution in [0.1, 0.15) is 12.0 Å². The molecule has 0 unspecified atom stereocenters. The summed E-state index contributed by atoms with van der Waals surface area (Å²) in [4.78, 5) is 28.6. The smallest absolute Gasteiger partial charge is 0.299 e. The third kappa shape index (κ3) is 3.80. The zero-order chi connectivity index (χ0) is 18.5. The maximum atomic E-state index is 12.5. The van der Waals surface area contributed by atoms with Crippen molar-refractivity contribution in [2.24, 2.45) is 0 Å². The van der Waals surface area contributed by atoms with Crippen LogP contribution in [0.25, 0.3) is 22.4 Å². The van der Waals surface area contributed by atoms with Gasteiger partial charge in [0, 0.05) is 32.2 Å². The topological polar surface area (TPSA) is 99.2 Å². The highest BCUT2D eigenvalue weighted by molar-refractivity contribution is 5.87. The van der Waals surface area contributed by atoms with E-state index < -0.39 is 0 Å². The summed E-state index contributed by atoms with van der Waals surface area (Å²) in [5.74, 6) is -0.160. The molecule has 0 spiro atoms. The standard InChI is InChI=1S/C18H20N4O4/c1-12-3-5-13(6-4-12)15-16-17(26-21-15)18(24)22(11-20-16)9-7-14(23)19-8-10-25-2/h3-6,11H,7-10H2,1-2H3,(H,19,23). The molecule has 2 heterocycles. The van der Waals surface area contributed by atoms with Crippen LogP contribution >= 0.6 is 0 Å². The van der Waals surface area contributed by atoms with Crippen LogP contribution in [-0.2, 0) is 16.1 Å². The second kappa shape index (κ2) is 7.92. The first kappa shape index (κ1) is 17.8. The lowest BCUT2D eigenvalue weighted by Crippen LogP contribution is -2.29. The van der Waals surface area contributed by atoms with Crippen molar-refractivity contribution in [1.29, 1.82) is 0 Å². The quantitative estimate of drug-likeness (QED) is 0.644. The van der Waals surface area contributed by atoms with Gasteiger partial charge in [-0.25, -0.2) is 4.98 Å². The number of aryl methyl sites for hydroxylation is 2. The van der Waals surface area contributed by atoms with Crippen molar-refractivity contribution in [3.8, 4) is 11.3 Å². The van der Waals surface area contributed by atoms with Gasteiger partial charge in [-0.3, -0.25) is 14.2 Å². The van der Waals surface area contributed by atoms with E-state index in [0.717, 1.165) is 11.1 Å². The fraction of sp³-hybridized carbons (Fsp3) is 0.333. The predicted octanol–water partition coefficient (Wildman–Crippen LogP) is 1.51. The van der Waals surface area contributed by atoms with Crippen molar-refractivity contribution >= 4 is 17.0 Å². The maximum absolute atomic E-state index is 12.5. The molecule has 0 aliphatic heterocycles. The number of amides is 1. The minimum atomic E-state index is -0.356. The molecule has 0 saturated carbocycles. The van der Waals surface area contributed by atoms with Crippen LogP contribution in [0.15, 0.2) is 39.9 Å². The second-order valence-corrected chi connectivity index (χ2v) is 5.91. The highest BCUT2D eigenvalue weighted by Crippen LogP contribution is 2.24. The van der Waals surface area contributed by atoms with E-state index in [0.29, 0.717) is 24.4 Å². The molecule has 2 aromatic heterocycles. The normalized spacial score (nSPS) is 11.0. The molecule has 1 aromatic carbocycles. The number of rotatable bonds is 7. The average molecular weight is 356 g/mol. The van der Waals surface area contributed by atoms with Crippen LogP contribution in [0.4, 0.5) is 0 Å². The molecule has 3 aromatic rings. The van der Waals surface area contributed by atoms with E-state index in [1.165, 1.54) is 10.9 Å². The largest absolute Gasteiger partial charge is 0.383 e. The fourth-order valence-corrected chi connectivity index (χ4v) is 2.52. The first-order valence-electron chi connectivity index (χ1n) is 8.27. The first-order chi connectivity index (χ1) is 12.6. The van der Waals surface area contributed by atoms with Gasteiger partial charge in [0.1, 0.15) is 11.2 Å². The molecule has 136 valence electrons. The number of hydrogen-bond acceptors (Lipinski definition) is 6. The maximum Gasteiger partial charge on any atom is 0.299 e. The van der Waals surface area contributed by atoms with Crippen molar-refractivity contribution in [2.45, 2.75) is 19.9 Å². The lowest BCUT2D eigenvalue weighted by molar-refractivity contribution is -0.121. The van der Waals surface area contributed by atoms with E-state index in [2.05, 4.69) is 15.5 Å². The van der Waals surface area contributed by atoms with Gasteiger partial charge >= 0.3 is 0 Å². The van der Waals surface area contributed by atoms with E-state index in [-0.39, 0.29) is 30.0 Å². The zero-order valence-electron chi connectivity index (χ0n) is 14.7. The number of aromatic nitrogens is 3. The Bertz CT molecular complexity index is 959. The third-order valence-corrected chi connectivity index (χ3v) is 3.98. The summed E-state index contributed by atoms with van der Waals surface area (Å²) in [6.07, 6.45) is 1.58. The van der Waals surface area contributed by atoms with Gasteiger partial charge in [0.25, 0.3) is 11.1 Å². The number of hydrogen-bond donors (Lipinski definition) is 1. The molecular formula is C18H20N4O4. The molecular weight excluding hydrogens is 336 g/mol. The molecule has 0 aliphatic rings. The van der Waals surface area contributed by atoms with Crippen LogP contribution in [0, 0.1) is 6.92 Å². The summed E-state index contributed by atoms with van der Waals surface area (Å²) in [7, 11) is 1.56. The van der Waals surface area contributed by atoms with Crippen LogP contribution < -0.4 is 10.9 Å². The number of carbonyl (C=O) groups is 1. The van der Waals surface area contributed by atoms with Gasteiger partial charge in [-0.2, -0.15) is 0 Å². The molecule has 0 fully saturated rings. The Labute approximate surface area is 149 Å². The molecule has 26 heavy (non-hydrogen) atoms. The van der Waals surface area contributed by atoms with Gasteiger partial charge in [-0.05, 0) is 6.92 Å². The molecule has 8 nitrogen and oxygen atoms in total. The van der Waals surface area contributed by atoms with Crippen molar-refractivity contribution in [3.05, 3.63) is 46.5 Å². The van der Waals surface area contributed by atoms with Crippen molar-refractivity contribution < 1.29 is 14.1 Å². The first-order valence-corrected chi connectivity index (χ1v) is 8.27. The fourth-order valence-electron chi connectivity index (χ4n) is 2.52. The van der Waals surface area contributed by atoms with Gasteiger partial charge in [0.2, 0.25) is 5.91 Å². The minimum Gasteiger partial charge on any atom is -0.383 e. The highest BCUT2D eigenvalue weighted by atomic mass is 16.5. The summed E-state index contributed by atoms with van der Waals surface area (Å²) in [5, 5.41) is 6.70. The number of ether oxygens (including phenoxy) is 1. The second-order valence-electron chi connectivity index (χ2n) is 5.91. The molecule has 0 radical (unpaired) electrons. The third-order valence-electron chi connectivity index (χ3n) is 3.98. The van der Waals surface area contributed by atoms with Crippen LogP contribution in [0.3, 0.4) is 0 Å². The molecule has 1 amide bonds. The monoisotopic (exact) mass is 356 g/mol. The Hall–Kier alpha value is -3.00. The molecule has 0 bridgehead atoms. The lowest BCUT2D eigenvalue weighted by Gasteiger charge is -2.06. The Morgan fingerprint density at radius 3 is 2.81 bits per heavy atom. The number of carbonyl (C=O) groups excluding carboxylic acids is 1. The molecule has 3 rings (SSSR count). The summed E-state index contributed by atoms with van der Waals surface area (Å²) in [6, 6.07) is 7.73. The van der Waals surface area contributed by atoms with Crippen molar-refractivity contribution in [3.63, 3.8) is 0 Å². The summed E-state index contributed by atoms with van der Waals surface area (Å²) in [5.41, 5.74) is 2.63. The number of nitrogens with one attached hydrogen (secondary N) is 1. The highest BCUT2D eigenvalue weighted by Gasteiger charge is 2.16. The number of fused-ring (bicyclic) bond motifs is 1. The zero-order valence-corrected chi connectivity index (χ0v) is 14.7. The average Bonchev–Trinajstić information content (AvgIpc) is 3.07. The van der Waals surface area contributed by atoms with E-state index in [4.69, 9.17) is 9.26 Å². The van der Waals surface area contributed by atoms with Crippen molar-refractivity contribution in [2.75, 3.05) is 20.3 Å². The summed E-state index contributed by atoms with van der Waals surface area (Å²) in [6.45, 7) is 3.08. The van der Waals surface area contributed by atoms with Gasteiger partial charge in [0.05, 0.1) is 12.9 Å². The molecule has 0 aliphatic carbocycles. The van der Waals surface area contributed by atoms with E-state index in [1.54, 1.807) is 7.11 Å². The van der Waals surface area contributed by atoms with Gasteiger partial charge < -0.3 is 14.6 Å². The molecule has 0 saturated heterocycles. The summed E-state index contributed by atoms with van der Waals surface area (Å²) >= 11 is 0. The van der Waals surface area contributed by atoms with Crippen LogP contribution in [-0.4, -0.2) is 40.9 Å². The van der Waals surface area contributed by atoms with E-state index in [9.17, 15) is 9.59 Å². The number of methoxy groups -OCH3 is 1. The molecule has 8 heteroatoms. The SMILES string of the molecule is COCCNC(=O)CCn1cnc2c(-c3ccc(C)cc3)noc2c1=O. The minimum absolute atomic E-state index is 0.0860. The lowest BCUT2D eigenvalue weighted by atomic mass is 10.1. The predicted molar refractivity (Wildman–Crippen MR) is 95.7 cm³/mol. The molecule has 1 N–H and O–H groups in total. The Balaban J connectivity index is 1.78. The number of nitrogens with zero attached hydrogens (tertiary/aromatic N) is 3.